The summed E-state index contributed by atoms with van der Waals surface area (Å²) in [6, 6.07) is 4.65. The van der Waals surface area contributed by atoms with E-state index in [-0.39, 0.29) is 17.9 Å². The first-order valence-electron chi connectivity index (χ1n) is 4.76. The van der Waals surface area contributed by atoms with E-state index < -0.39 is 10.0 Å². The summed E-state index contributed by atoms with van der Waals surface area (Å²) in [6.45, 7) is -0.112. The van der Waals surface area contributed by atoms with E-state index in [0.29, 0.717) is 11.3 Å². The van der Waals surface area contributed by atoms with Crippen LogP contribution >= 0.6 is 0 Å². The molecule has 1 aromatic rings. The maximum atomic E-state index is 11.7. The van der Waals surface area contributed by atoms with Crippen LogP contribution in [0.2, 0.25) is 0 Å². The molecule has 1 rings (SSSR count). The second-order valence-corrected chi connectivity index (χ2v) is 5.01. The van der Waals surface area contributed by atoms with Crippen LogP contribution in [-0.4, -0.2) is 34.3 Å². The smallest absolute Gasteiger partial charge is 0.240 e. The molecule has 6 heteroatoms. The van der Waals surface area contributed by atoms with Gasteiger partial charge in [0, 0.05) is 6.61 Å². The van der Waals surface area contributed by atoms with Gasteiger partial charge >= 0.3 is 0 Å². The van der Waals surface area contributed by atoms with Crippen LogP contribution in [0.15, 0.2) is 23.1 Å². The topological polar surface area (TPSA) is 75.6 Å². The highest BCUT2D eigenvalue weighted by Gasteiger charge is 2.16. The van der Waals surface area contributed by atoms with Gasteiger partial charge < -0.3 is 9.84 Å². The van der Waals surface area contributed by atoms with Gasteiger partial charge in [-0.2, -0.15) is 0 Å². The van der Waals surface area contributed by atoms with Gasteiger partial charge in [0.05, 0.1) is 12.0 Å². The third-order valence-electron chi connectivity index (χ3n) is 2.21. The fourth-order valence-electron chi connectivity index (χ4n) is 1.37. The summed E-state index contributed by atoms with van der Waals surface area (Å²) in [5.41, 5.74) is 0.538. The van der Waals surface area contributed by atoms with Gasteiger partial charge in [-0.25, -0.2) is 13.1 Å². The van der Waals surface area contributed by atoms with E-state index in [0.717, 1.165) is 0 Å². The van der Waals surface area contributed by atoms with Crippen molar-refractivity contribution >= 4 is 10.0 Å². The van der Waals surface area contributed by atoms with E-state index in [1.165, 1.54) is 20.2 Å². The van der Waals surface area contributed by atoms with Crippen molar-refractivity contribution in [3.8, 4) is 5.75 Å². The molecular weight excluding hydrogens is 230 g/mol. The Labute approximate surface area is 95.1 Å². The standard InChI is InChI=1S/C10H15NO4S/c1-11-16(13,14)10-4-3-9(15-2)7-8(10)5-6-12/h3-4,7,11-12H,5-6H2,1-2H3. The van der Waals surface area contributed by atoms with Gasteiger partial charge in [-0.05, 0) is 37.2 Å². The van der Waals surface area contributed by atoms with Gasteiger partial charge in [-0.1, -0.05) is 0 Å². The van der Waals surface area contributed by atoms with Crippen LogP contribution in [0.5, 0.6) is 5.75 Å². The predicted molar refractivity (Wildman–Crippen MR) is 60.0 cm³/mol. The van der Waals surface area contributed by atoms with Crippen LogP contribution in [0.1, 0.15) is 5.56 Å². The molecule has 0 saturated heterocycles. The van der Waals surface area contributed by atoms with Crippen LogP contribution in [-0.2, 0) is 16.4 Å². The molecule has 1 aromatic carbocycles. The van der Waals surface area contributed by atoms with E-state index >= 15 is 0 Å². The molecule has 90 valence electrons. The zero-order valence-electron chi connectivity index (χ0n) is 9.23. The molecule has 0 aromatic heterocycles. The summed E-state index contributed by atoms with van der Waals surface area (Å²) in [4.78, 5) is 0.171. The van der Waals surface area contributed by atoms with Crippen molar-refractivity contribution in [1.82, 2.24) is 4.72 Å². The molecule has 2 N–H and O–H groups in total. The molecule has 5 nitrogen and oxygen atoms in total. The first-order chi connectivity index (χ1) is 7.55. The number of aliphatic hydroxyl groups excluding tert-OH is 1. The lowest BCUT2D eigenvalue weighted by molar-refractivity contribution is 0.298. The van der Waals surface area contributed by atoms with Crippen molar-refractivity contribution < 1.29 is 18.3 Å². The van der Waals surface area contributed by atoms with Crippen molar-refractivity contribution in [2.45, 2.75) is 11.3 Å². The molecule has 0 radical (unpaired) electrons. The Kier molecular flexibility index (Phi) is 4.28. The highest BCUT2D eigenvalue weighted by atomic mass is 32.2. The van der Waals surface area contributed by atoms with Crippen LogP contribution in [0.3, 0.4) is 0 Å². The molecule has 0 bridgehead atoms. The van der Waals surface area contributed by atoms with Crippen molar-refractivity contribution in [3.63, 3.8) is 0 Å². The summed E-state index contributed by atoms with van der Waals surface area (Å²) in [5, 5.41) is 8.89. The largest absolute Gasteiger partial charge is 0.497 e. The zero-order chi connectivity index (χ0) is 12.2. The number of nitrogens with one attached hydrogen (secondary N) is 1. The molecule has 0 heterocycles. The molecule has 0 saturated carbocycles. The summed E-state index contributed by atoms with van der Waals surface area (Å²) in [6.07, 6.45) is 0.271. The quantitative estimate of drug-likeness (QED) is 0.773. The minimum Gasteiger partial charge on any atom is -0.497 e. The fourth-order valence-corrected chi connectivity index (χ4v) is 2.34. The number of hydrogen-bond donors (Lipinski definition) is 2. The number of sulfonamides is 1. The van der Waals surface area contributed by atoms with Crippen LogP contribution in [0, 0.1) is 0 Å². The number of aliphatic hydroxyl groups is 1. The van der Waals surface area contributed by atoms with Crippen LogP contribution in [0.25, 0.3) is 0 Å². The molecule has 0 amide bonds. The van der Waals surface area contributed by atoms with E-state index in [2.05, 4.69) is 4.72 Å². The Morgan fingerprint density at radius 3 is 2.62 bits per heavy atom. The number of ether oxygens (including phenoxy) is 1. The highest BCUT2D eigenvalue weighted by molar-refractivity contribution is 7.89. The normalized spacial score (nSPS) is 11.4. The lowest BCUT2D eigenvalue weighted by Crippen LogP contribution is -2.20. The summed E-state index contributed by atoms with van der Waals surface area (Å²) in [5.74, 6) is 0.568. The summed E-state index contributed by atoms with van der Waals surface area (Å²) < 4.78 is 30.6. The van der Waals surface area contributed by atoms with Crippen molar-refractivity contribution in [3.05, 3.63) is 23.8 Å². The van der Waals surface area contributed by atoms with Crippen LogP contribution < -0.4 is 9.46 Å². The second-order valence-electron chi connectivity index (χ2n) is 3.15. The third kappa shape index (κ3) is 2.72. The number of methoxy groups -OCH3 is 1. The Balaban J connectivity index is 3.28. The van der Waals surface area contributed by atoms with Gasteiger partial charge in [-0.3, -0.25) is 0 Å². The average molecular weight is 245 g/mol. The molecule has 16 heavy (non-hydrogen) atoms. The monoisotopic (exact) mass is 245 g/mol. The number of hydrogen-bond acceptors (Lipinski definition) is 4. The summed E-state index contributed by atoms with van der Waals surface area (Å²) in [7, 11) is -0.639. The van der Waals surface area contributed by atoms with E-state index in [9.17, 15) is 8.42 Å². The number of benzene rings is 1. The first kappa shape index (κ1) is 13.0. The highest BCUT2D eigenvalue weighted by Crippen LogP contribution is 2.21. The van der Waals surface area contributed by atoms with Crippen molar-refractivity contribution in [2.24, 2.45) is 0 Å². The van der Waals surface area contributed by atoms with E-state index in [1.807, 2.05) is 0 Å². The van der Waals surface area contributed by atoms with Crippen molar-refractivity contribution in [2.75, 3.05) is 20.8 Å². The Bertz CT molecular complexity index is 456. The lowest BCUT2D eigenvalue weighted by Gasteiger charge is -2.10. The Morgan fingerprint density at radius 1 is 1.44 bits per heavy atom. The molecule has 0 aliphatic heterocycles. The summed E-state index contributed by atoms with van der Waals surface area (Å²) >= 11 is 0. The van der Waals surface area contributed by atoms with E-state index in [1.54, 1.807) is 12.1 Å². The first-order valence-corrected chi connectivity index (χ1v) is 6.24. The van der Waals surface area contributed by atoms with Gasteiger partial charge in [0.1, 0.15) is 5.75 Å². The molecule has 0 spiro atoms. The van der Waals surface area contributed by atoms with Gasteiger partial charge in [0.25, 0.3) is 0 Å². The molecular formula is C10H15NO4S. The molecule has 0 atom stereocenters. The second kappa shape index (κ2) is 5.29. The van der Waals surface area contributed by atoms with Gasteiger partial charge in [-0.15, -0.1) is 0 Å². The van der Waals surface area contributed by atoms with Crippen LogP contribution in [0.4, 0.5) is 0 Å². The molecule has 0 aliphatic carbocycles. The van der Waals surface area contributed by atoms with Crippen molar-refractivity contribution in [1.29, 1.82) is 0 Å². The molecule has 0 aliphatic rings. The maximum Gasteiger partial charge on any atom is 0.240 e. The lowest BCUT2D eigenvalue weighted by atomic mass is 10.1. The number of rotatable bonds is 5. The molecule has 0 unspecified atom stereocenters. The minimum atomic E-state index is -3.49. The predicted octanol–water partition coefficient (Wildman–Crippen LogP) is 0.138. The molecule has 0 fully saturated rings. The minimum absolute atomic E-state index is 0.112. The average Bonchev–Trinajstić information content (AvgIpc) is 2.29. The van der Waals surface area contributed by atoms with Gasteiger partial charge in [0.15, 0.2) is 0 Å². The maximum absolute atomic E-state index is 11.7. The SMILES string of the molecule is CNS(=O)(=O)c1ccc(OC)cc1CCO. The fraction of sp³-hybridized carbons (Fsp3) is 0.400. The Hall–Kier alpha value is -1.11. The van der Waals surface area contributed by atoms with Gasteiger partial charge in [0.2, 0.25) is 10.0 Å². The zero-order valence-corrected chi connectivity index (χ0v) is 10.0. The third-order valence-corrected chi connectivity index (χ3v) is 3.72. The Morgan fingerprint density at radius 2 is 2.12 bits per heavy atom. The van der Waals surface area contributed by atoms with E-state index in [4.69, 9.17) is 9.84 Å².